The third-order valence-corrected chi connectivity index (χ3v) is 4.35. The van der Waals surface area contributed by atoms with E-state index < -0.39 is 73.1 Å². The molecule has 9 N–H and O–H groups in total. The Hall–Kier alpha value is -2.87. The van der Waals surface area contributed by atoms with Crippen LogP contribution in [0.4, 0.5) is 0 Å². The summed E-state index contributed by atoms with van der Waals surface area (Å²) in [6, 6.07) is -3.79. The molecular weight excluding hydrogens is 422 g/mol. The molecule has 0 fully saturated rings. The minimum absolute atomic E-state index is 0.303. The molecule has 0 heterocycles. The molecule has 0 bridgehead atoms. The van der Waals surface area contributed by atoms with Gasteiger partial charge in [0, 0.05) is 6.42 Å². The van der Waals surface area contributed by atoms with Crippen molar-refractivity contribution in [3.8, 4) is 0 Å². The number of carbonyl (C=O) groups is 6. The summed E-state index contributed by atoms with van der Waals surface area (Å²) < 4.78 is 0. The minimum Gasteiger partial charge on any atom is -0.481 e. The van der Waals surface area contributed by atoms with Gasteiger partial charge in [-0.15, -0.1) is 0 Å². The quantitative estimate of drug-likeness (QED) is 0.134. The molecule has 0 spiro atoms. The number of primary amides is 1. The molecule has 170 valence electrons. The third-order valence-electron chi connectivity index (χ3n) is 3.70. The fourth-order valence-corrected chi connectivity index (χ4v) is 2.65. The summed E-state index contributed by atoms with van der Waals surface area (Å²) in [5.74, 6) is -5.54. The van der Waals surface area contributed by atoms with Crippen molar-refractivity contribution in [2.75, 3.05) is 18.6 Å². The van der Waals surface area contributed by atoms with Crippen molar-refractivity contribution in [3.63, 3.8) is 0 Å². The van der Waals surface area contributed by atoms with Crippen molar-refractivity contribution < 1.29 is 39.0 Å². The summed E-state index contributed by atoms with van der Waals surface area (Å²) in [5.41, 5.74) is 10.8. The fourth-order valence-electron chi connectivity index (χ4n) is 2.16. The lowest BCUT2D eigenvalue weighted by molar-refractivity contribution is -0.139. The van der Waals surface area contributed by atoms with Crippen molar-refractivity contribution >= 4 is 47.3 Å². The summed E-state index contributed by atoms with van der Waals surface area (Å²) in [4.78, 5) is 69.4. The van der Waals surface area contributed by atoms with Crippen LogP contribution in [-0.4, -0.2) is 82.5 Å². The monoisotopic (exact) mass is 449 g/mol. The Labute approximate surface area is 176 Å². The second-order valence-electron chi connectivity index (χ2n) is 6.22. The molecular formula is C16H27N5O8S. The van der Waals surface area contributed by atoms with Crippen LogP contribution >= 0.6 is 11.8 Å². The van der Waals surface area contributed by atoms with Gasteiger partial charge in [0.2, 0.25) is 23.6 Å². The number of carbonyl (C=O) groups excluding carboxylic acids is 4. The summed E-state index contributed by atoms with van der Waals surface area (Å²) in [7, 11) is 0. The Bertz CT molecular complexity index is 660. The van der Waals surface area contributed by atoms with Gasteiger partial charge >= 0.3 is 11.9 Å². The van der Waals surface area contributed by atoms with E-state index >= 15 is 0 Å². The topological polar surface area (TPSA) is 231 Å². The van der Waals surface area contributed by atoms with Crippen LogP contribution in [-0.2, 0) is 28.8 Å². The molecule has 0 radical (unpaired) electrons. The Balaban J connectivity index is 5.28. The van der Waals surface area contributed by atoms with E-state index in [4.69, 9.17) is 21.7 Å². The molecule has 0 aromatic heterocycles. The molecule has 0 aliphatic rings. The predicted octanol–water partition coefficient (Wildman–Crippen LogP) is -3.02. The maximum absolute atomic E-state index is 12.6. The van der Waals surface area contributed by atoms with Crippen LogP contribution in [0.2, 0.25) is 0 Å². The van der Waals surface area contributed by atoms with E-state index in [1.807, 2.05) is 11.6 Å². The first-order chi connectivity index (χ1) is 14.0. The van der Waals surface area contributed by atoms with Crippen molar-refractivity contribution in [2.45, 2.75) is 43.8 Å². The number of nitrogens with one attached hydrogen (secondary N) is 3. The molecule has 13 nitrogen and oxygen atoms in total. The number of nitrogens with two attached hydrogens (primary N) is 2. The third kappa shape index (κ3) is 11.9. The number of carboxylic acid groups (broad SMARTS) is 2. The highest BCUT2D eigenvalue weighted by molar-refractivity contribution is 7.98. The van der Waals surface area contributed by atoms with Gasteiger partial charge in [0.05, 0.1) is 12.5 Å². The highest BCUT2D eigenvalue weighted by Gasteiger charge is 2.29. The molecule has 0 aromatic carbocycles. The van der Waals surface area contributed by atoms with Gasteiger partial charge in [0.15, 0.2) is 0 Å². The average molecular weight is 449 g/mol. The highest BCUT2D eigenvalue weighted by Crippen LogP contribution is 2.04. The van der Waals surface area contributed by atoms with E-state index in [1.165, 1.54) is 11.8 Å². The summed E-state index contributed by atoms with van der Waals surface area (Å²) in [6.45, 7) is -0.757. The normalized spacial score (nSPS) is 13.4. The summed E-state index contributed by atoms with van der Waals surface area (Å²) >= 11 is 1.46. The molecule has 0 saturated heterocycles. The van der Waals surface area contributed by atoms with Gasteiger partial charge in [0.25, 0.3) is 0 Å². The SMILES string of the molecule is CSCCC(N)C(=O)NC(CCC(=O)O)C(=O)NC(CC(N)=O)C(=O)NCC(=O)O. The smallest absolute Gasteiger partial charge is 0.322 e. The van der Waals surface area contributed by atoms with Crippen molar-refractivity contribution in [1.29, 1.82) is 0 Å². The van der Waals surface area contributed by atoms with Gasteiger partial charge in [-0.05, 0) is 24.9 Å². The van der Waals surface area contributed by atoms with Gasteiger partial charge in [-0.25, -0.2) is 0 Å². The molecule has 4 amide bonds. The van der Waals surface area contributed by atoms with Crippen LogP contribution in [0.3, 0.4) is 0 Å². The molecule has 0 aliphatic heterocycles. The zero-order valence-corrected chi connectivity index (χ0v) is 17.2. The summed E-state index contributed by atoms with van der Waals surface area (Å²) in [6.07, 6.45) is 0.737. The van der Waals surface area contributed by atoms with Crippen LogP contribution < -0.4 is 27.4 Å². The van der Waals surface area contributed by atoms with E-state index in [1.54, 1.807) is 0 Å². The fraction of sp³-hybridized carbons (Fsp3) is 0.625. The van der Waals surface area contributed by atoms with Gasteiger partial charge in [0.1, 0.15) is 18.6 Å². The van der Waals surface area contributed by atoms with E-state index in [0.717, 1.165) is 0 Å². The number of thioether (sulfide) groups is 1. The lowest BCUT2D eigenvalue weighted by Crippen LogP contribution is -2.56. The van der Waals surface area contributed by atoms with Gasteiger partial charge < -0.3 is 37.6 Å². The number of hydrogen-bond acceptors (Lipinski definition) is 8. The maximum Gasteiger partial charge on any atom is 0.322 e. The zero-order chi connectivity index (χ0) is 23.3. The molecule has 0 aromatic rings. The average Bonchev–Trinajstić information content (AvgIpc) is 2.65. The Kier molecular flexibility index (Phi) is 12.8. The number of carboxylic acids is 2. The second kappa shape index (κ2) is 14.2. The first kappa shape index (κ1) is 27.1. The lowest BCUT2D eigenvalue weighted by atomic mass is 10.1. The zero-order valence-electron chi connectivity index (χ0n) is 16.4. The molecule has 3 atom stereocenters. The van der Waals surface area contributed by atoms with Crippen LogP contribution in [0.5, 0.6) is 0 Å². The number of rotatable bonds is 15. The van der Waals surface area contributed by atoms with Gasteiger partial charge in [-0.1, -0.05) is 0 Å². The van der Waals surface area contributed by atoms with Crippen LogP contribution in [0.15, 0.2) is 0 Å². The minimum atomic E-state index is -1.51. The Morgan fingerprint density at radius 1 is 0.900 bits per heavy atom. The summed E-state index contributed by atoms with van der Waals surface area (Å²) in [5, 5.41) is 24.0. The molecule has 0 saturated carbocycles. The molecule has 0 aliphatic carbocycles. The Morgan fingerprint density at radius 3 is 2.00 bits per heavy atom. The van der Waals surface area contributed by atoms with Gasteiger partial charge in [-0.2, -0.15) is 11.8 Å². The van der Waals surface area contributed by atoms with E-state index in [2.05, 4.69) is 10.6 Å². The van der Waals surface area contributed by atoms with Crippen LogP contribution in [0.25, 0.3) is 0 Å². The first-order valence-corrected chi connectivity index (χ1v) is 10.2. The molecule has 3 unspecified atom stereocenters. The van der Waals surface area contributed by atoms with E-state index in [-0.39, 0.29) is 6.42 Å². The second-order valence-corrected chi connectivity index (χ2v) is 7.21. The first-order valence-electron chi connectivity index (χ1n) is 8.82. The number of amides is 4. The molecule has 30 heavy (non-hydrogen) atoms. The maximum atomic E-state index is 12.6. The van der Waals surface area contributed by atoms with Gasteiger partial charge in [-0.3, -0.25) is 28.8 Å². The highest BCUT2D eigenvalue weighted by atomic mass is 32.2. The largest absolute Gasteiger partial charge is 0.481 e. The molecule has 14 heteroatoms. The van der Waals surface area contributed by atoms with Crippen molar-refractivity contribution in [1.82, 2.24) is 16.0 Å². The Morgan fingerprint density at radius 2 is 1.50 bits per heavy atom. The van der Waals surface area contributed by atoms with Crippen LogP contribution in [0.1, 0.15) is 25.7 Å². The van der Waals surface area contributed by atoms with Crippen molar-refractivity contribution in [2.24, 2.45) is 11.5 Å². The number of hydrogen-bond donors (Lipinski definition) is 7. The predicted molar refractivity (Wildman–Crippen MR) is 106 cm³/mol. The van der Waals surface area contributed by atoms with Crippen molar-refractivity contribution in [3.05, 3.63) is 0 Å². The lowest BCUT2D eigenvalue weighted by Gasteiger charge is -2.23. The van der Waals surface area contributed by atoms with E-state index in [9.17, 15) is 28.8 Å². The van der Waals surface area contributed by atoms with E-state index in [0.29, 0.717) is 12.2 Å². The van der Waals surface area contributed by atoms with Crippen LogP contribution in [0, 0.1) is 0 Å². The standard InChI is InChI=1S/C16H27N5O8S/c1-30-5-4-8(17)14(27)20-9(2-3-12(23)24)16(29)21-10(6-11(18)22)15(28)19-7-13(25)26/h8-10H,2-7,17H2,1H3,(H2,18,22)(H,19,28)(H,20,27)(H,21,29)(H,23,24)(H,25,26). The molecule has 0 rings (SSSR count). The number of aliphatic carboxylic acids is 2.